The number of anilines is 1. The van der Waals surface area contributed by atoms with Crippen LogP contribution in [0.25, 0.3) is 0 Å². The predicted octanol–water partition coefficient (Wildman–Crippen LogP) is 2.04. The van der Waals surface area contributed by atoms with Gasteiger partial charge in [0.05, 0.1) is 5.69 Å². The fourth-order valence-electron chi connectivity index (χ4n) is 1.80. The zero-order chi connectivity index (χ0) is 14.4. The lowest BCUT2D eigenvalue weighted by Crippen LogP contribution is -2.43. The molecule has 1 heterocycles. The van der Waals surface area contributed by atoms with E-state index in [2.05, 4.69) is 0 Å². The summed E-state index contributed by atoms with van der Waals surface area (Å²) < 4.78 is 43.9. The second-order valence-corrected chi connectivity index (χ2v) is 4.55. The number of ether oxygens (including phenoxy) is 1. The minimum absolute atomic E-state index is 0.0437. The van der Waals surface area contributed by atoms with Gasteiger partial charge in [-0.25, -0.2) is 0 Å². The number of rotatable bonds is 0. The Morgan fingerprint density at radius 1 is 1.47 bits per heavy atom. The lowest BCUT2D eigenvalue weighted by atomic mass is 10.1. The van der Waals surface area contributed by atoms with Gasteiger partial charge in [0.15, 0.2) is 5.75 Å². The summed E-state index contributed by atoms with van der Waals surface area (Å²) in [7, 11) is 1.33. The van der Waals surface area contributed by atoms with E-state index in [0.717, 1.165) is 11.0 Å². The maximum absolute atomic E-state index is 12.9. The van der Waals surface area contributed by atoms with Crippen LogP contribution in [0.15, 0.2) is 12.1 Å². The molecule has 2 N–H and O–H groups in total. The SMILES string of the molecule is CN1C(=O)C(N)COc2c1cc(Cl)cc2C(F)(F)F. The van der Waals surface area contributed by atoms with Gasteiger partial charge in [-0.1, -0.05) is 11.6 Å². The summed E-state index contributed by atoms with van der Waals surface area (Å²) in [4.78, 5) is 12.8. The van der Waals surface area contributed by atoms with E-state index in [1.807, 2.05) is 0 Å². The van der Waals surface area contributed by atoms with Crippen molar-refractivity contribution in [3.05, 3.63) is 22.7 Å². The second kappa shape index (κ2) is 4.57. The maximum atomic E-state index is 12.9. The fraction of sp³-hybridized carbons (Fsp3) is 0.364. The number of amides is 1. The molecular weight excluding hydrogens is 285 g/mol. The molecule has 1 amide bonds. The lowest BCUT2D eigenvalue weighted by molar-refractivity contribution is -0.138. The van der Waals surface area contributed by atoms with E-state index in [-0.39, 0.29) is 17.3 Å². The number of hydrogen-bond donors (Lipinski definition) is 1. The van der Waals surface area contributed by atoms with E-state index >= 15 is 0 Å². The number of nitrogens with zero attached hydrogens (tertiary/aromatic N) is 1. The normalized spacial score (nSPS) is 19.8. The van der Waals surface area contributed by atoms with Crippen LogP contribution in [0, 0.1) is 0 Å². The summed E-state index contributed by atoms with van der Waals surface area (Å²) in [6.07, 6.45) is -4.63. The Bertz CT molecular complexity index is 533. The molecule has 1 aromatic rings. The Balaban J connectivity index is 2.66. The van der Waals surface area contributed by atoms with Crippen molar-refractivity contribution in [1.82, 2.24) is 0 Å². The number of halogens is 4. The number of benzene rings is 1. The molecule has 0 aliphatic carbocycles. The van der Waals surface area contributed by atoms with Crippen LogP contribution in [0.5, 0.6) is 5.75 Å². The van der Waals surface area contributed by atoms with Crippen molar-refractivity contribution >= 4 is 23.2 Å². The van der Waals surface area contributed by atoms with Gasteiger partial charge in [0.2, 0.25) is 5.91 Å². The summed E-state index contributed by atoms with van der Waals surface area (Å²) in [6.45, 7) is -0.319. The first-order chi connectivity index (χ1) is 8.71. The minimum Gasteiger partial charge on any atom is -0.489 e. The third-order valence-corrected chi connectivity index (χ3v) is 2.97. The zero-order valence-electron chi connectivity index (χ0n) is 9.79. The van der Waals surface area contributed by atoms with E-state index in [9.17, 15) is 18.0 Å². The average molecular weight is 295 g/mol. The van der Waals surface area contributed by atoms with Crippen molar-refractivity contribution < 1.29 is 22.7 Å². The van der Waals surface area contributed by atoms with Crippen molar-refractivity contribution in [2.75, 3.05) is 18.6 Å². The monoisotopic (exact) mass is 294 g/mol. The van der Waals surface area contributed by atoms with Gasteiger partial charge in [-0.2, -0.15) is 13.2 Å². The van der Waals surface area contributed by atoms with Gasteiger partial charge in [0, 0.05) is 12.1 Å². The molecule has 104 valence electrons. The van der Waals surface area contributed by atoms with Crippen molar-refractivity contribution in [1.29, 1.82) is 0 Å². The smallest absolute Gasteiger partial charge is 0.420 e. The van der Waals surface area contributed by atoms with Crippen LogP contribution in [0.3, 0.4) is 0 Å². The molecule has 1 atom stereocenters. The molecule has 0 radical (unpaired) electrons. The number of likely N-dealkylation sites (N-methyl/N-ethyl adjacent to an activating group) is 1. The number of fused-ring (bicyclic) bond motifs is 1. The Labute approximate surface area is 111 Å². The Hall–Kier alpha value is -1.47. The second-order valence-electron chi connectivity index (χ2n) is 4.11. The Kier molecular flexibility index (Phi) is 3.36. The Morgan fingerprint density at radius 2 is 2.11 bits per heavy atom. The zero-order valence-corrected chi connectivity index (χ0v) is 10.5. The molecule has 1 aliphatic rings. The number of hydrogen-bond acceptors (Lipinski definition) is 3. The largest absolute Gasteiger partial charge is 0.489 e. The standard InChI is InChI=1S/C11H10ClF3N2O2/c1-17-8-3-5(12)2-6(11(13,14)15)9(8)19-4-7(16)10(17)18/h2-3,7H,4,16H2,1H3. The van der Waals surface area contributed by atoms with Crippen LogP contribution in [0.1, 0.15) is 5.56 Å². The highest BCUT2D eigenvalue weighted by Crippen LogP contribution is 2.44. The summed E-state index contributed by atoms with van der Waals surface area (Å²) in [5.41, 5.74) is 4.45. The highest BCUT2D eigenvalue weighted by Gasteiger charge is 2.39. The summed E-state index contributed by atoms with van der Waals surface area (Å²) in [5.74, 6) is -0.963. The van der Waals surface area contributed by atoms with Crippen LogP contribution < -0.4 is 15.4 Å². The number of carbonyl (C=O) groups is 1. The summed E-state index contributed by atoms with van der Waals surface area (Å²) in [6, 6.07) is 0.981. The van der Waals surface area contributed by atoms with Gasteiger partial charge < -0.3 is 15.4 Å². The quantitative estimate of drug-likeness (QED) is 0.797. The molecule has 0 bridgehead atoms. The highest BCUT2D eigenvalue weighted by atomic mass is 35.5. The average Bonchev–Trinajstić information content (AvgIpc) is 2.41. The van der Waals surface area contributed by atoms with Gasteiger partial charge in [-0.3, -0.25) is 4.79 Å². The molecule has 1 aromatic carbocycles. The van der Waals surface area contributed by atoms with Crippen molar-refractivity contribution in [2.45, 2.75) is 12.2 Å². The third-order valence-electron chi connectivity index (χ3n) is 2.76. The van der Waals surface area contributed by atoms with Crippen LogP contribution >= 0.6 is 11.6 Å². The topological polar surface area (TPSA) is 55.6 Å². The molecule has 0 aromatic heterocycles. The molecule has 19 heavy (non-hydrogen) atoms. The maximum Gasteiger partial charge on any atom is 0.420 e. The first kappa shape index (κ1) is 14.0. The fourth-order valence-corrected chi connectivity index (χ4v) is 2.01. The molecule has 2 rings (SSSR count). The summed E-state index contributed by atoms with van der Waals surface area (Å²) in [5, 5.41) is -0.134. The van der Waals surface area contributed by atoms with E-state index in [0.29, 0.717) is 0 Å². The molecule has 8 heteroatoms. The molecular formula is C11H10ClF3N2O2. The molecule has 0 spiro atoms. The minimum atomic E-state index is -4.63. The highest BCUT2D eigenvalue weighted by molar-refractivity contribution is 6.31. The van der Waals surface area contributed by atoms with Gasteiger partial charge >= 0.3 is 6.18 Å². The van der Waals surface area contributed by atoms with Crippen LogP contribution in [-0.4, -0.2) is 25.6 Å². The predicted molar refractivity (Wildman–Crippen MR) is 63.3 cm³/mol. The van der Waals surface area contributed by atoms with Crippen LogP contribution in [-0.2, 0) is 11.0 Å². The third kappa shape index (κ3) is 2.48. The van der Waals surface area contributed by atoms with Gasteiger partial charge in [-0.05, 0) is 12.1 Å². The number of nitrogens with two attached hydrogens (primary N) is 1. The Morgan fingerprint density at radius 3 is 2.68 bits per heavy atom. The van der Waals surface area contributed by atoms with Crippen LogP contribution in [0.4, 0.5) is 18.9 Å². The van der Waals surface area contributed by atoms with Crippen molar-refractivity contribution in [3.63, 3.8) is 0 Å². The van der Waals surface area contributed by atoms with Gasteiger partial charge in [0.1, 0.15) is 18.2 Å². The summed E-state index contributed by atoms with van der Waals surface area (Å²) >= 11 is 5.67. The van der Waals surface area contributed by atoms with E-state index in [4.69, 9.17) is 22.1 Å². The van der Waals surface area contributed by atoms with Crippen LogP contribution in [0.2, 0.25) is 5.02 Å². The molecule has 0 fully saturated rings. The van der Waals surface area contributed by atoms with E-state index < -0.39 is 29.4 Å². The molecule has 1 aliphatic heterocycles. The van der Waals surface area contributed by atoms with Gasteiger partial charge in [-0.15, -0.1) is 0 Å². The van der Waals surface area contributed by atoms with E-state index in [1.54, 1.807) is 0 Å². The van der Waals surface area contributed by atoms with Crippen molar-refractivity contribution in [2.24, 2.45) is 5.73 Å². The van der Waals surface area contributed by atoms with Crippen molar-refractivity contribution in [3.8, 4) is 5.75 Å². The first-order valence-electron chi connectivity index (χ1n) is 5.28. The first-order valence-corrected chi connectivity index (χ1v) is 5.66. The molecule has 0 saturated heterocycles. The number of carbonyl (C=O) groups excluding carboxylic acids is 1. The lowest BCUT2D eigenvalue weighted by Gasteiger charge is -2.20. The molecule has 0 saturated carbocycles. The number of alkyl halides is 3. The molecule has 1 unspecified atom stereocenters. The van der Waals surface area contributed by atoms with E-state index in [1.165, 1.54) is 13.1 Å². The molecule has 4 nitrogen and oxygen atoms in total. The van der Waals surface area contributed by atoms with Gasteiger partial charge in [0.25, 0.3) is 0 Å².